The van der Waals surface area contributed by atoms with Crippen molar-refractivity contribution < 1.29 is 17.6 Å². The van der Waals surface area contributed by atoms with Crippen molar-refractivity contribution in [3.63, 3.8) is 0 Å². The van der Waals surface area contributed by atoms with Gasteiger partial charge in [-0.25, -0.2) is 22.6 Å². The van der Waals surface area contributed by atoms with Gasteiger partial charge in [-0.05, 0) is 30.3 Å². The van der Waals surface area contributed by atoms with Crippen molar-refractivity contribution in [1.29, 1.82) is 0 Å². The number of hydrogen-bond donors (Lipinski definition) is 1. The predicted octanol–water partition coefficient (Wildman–Crippen LogP) is -0.0275. The second kappa shape index (κ2) is 7.14. The van der Waals surface area contributed by atoms with Gasteiger partial charge in [-0.1, -0.05) is 0 Å². The maximum absolute atomic E-state index is 12.8. The summed E-state index contributed by atoms with van der Waals surface area (Å²) in [4.78, 5) is 26.5. The van der Waals surface area contributed by atoms with E-state index < -0.39 is 27.3 Å². The topological polar surface area (TPSA) is 98.1 Å². The Kier molecular flexibility index (Phi) is 5.22. The Morgan fingerprint density at radius 2 is 1.96 bits per heavy atom. The molecule has 1 heterocycles. The molecule has 1 amide bonds. The van der Waals surface area contributed by atoms with Crippen molar-refractivity contribution in [1.82, 2.24) is 14.9 Å². The number of hydrogen-bond acceptors (Lipinski definition) is 5. The highest BCUT2D eigenvalue weighted by atomic mass is 32.2. The third-order valence-corrected chi connectivity index (χ3v) is 4.69. The lowest BCUT2D eigenvalue weighted by molar-refractivity contribution is -0.121. The van der Waals surface area contributed by atoms with Gasteiger partial charge in [0.15, 0.2) is 9.84 Å². The maximum Gasteiger partial charge on any atom is 0.347 e. The Morgan fingerprint density at radius 3 is 2.61 bits per heavy atom. The normalized spacial score (nSPS) is 11.2. The van der Waals surface area contributed by atoms with Crippen LogP contribution in [-0.2, 0) is 21.2 Å². The van der Waals surface area contributed by atoms with Crippen LogP contribution in [0.5, 0.6) is 0 Å². The van der Waals surface area contributed by atoms with E-state index in [0.29, 0.717) is 0 Å². The lowest BCUT2D eigenvalue weighted by atomic mass is 10.4. The number of nitrogens with zero attached hydrogens (tertiary/aromatic N) is 2. The zero-order valence-electron chi connectivity index (χ0n) is 12.0. The lowest BCUT2D eigenvalue weighted by Gasteiger charge is -2.07. The standard InChI is InChI=1S/C14H14FN3O4S/c15-11-2-4-12(5-3-11)23(21,22)9-7-16-13(19)10-18-8-1-6-17-14(18)20/h1-6,8H,7,9-10H2,(H,16,19). The quantitative estimate of drug-likeness (QED) is 0.746. The van der Waals surface area contributed by atoms with E-state index in [1.54, 1.807) is 0 Å². The van der Waals surface area contributed by atoms with E-state index in [-0.39, 0.29) is 23.7 Å². The van der Waals surface area contributed by atoms with Crippen molar-refractivity contribution in [3.05, 3.63) is 59.0 Å². The first-order valence-electron chi connectivity index (χ1n) is 6.65. The van der Waals surface area contributed by atoms with Gasteiger partial charge in [-0.3, -0.25) is 9.36 Å². The second-order valence-corrected chi connectivity index (χ2v) is 6.76. The minimum atomic E-state index is -3.62. The smallest absolute Gasteiger partial charge is 0.347 e. The van der Waals surface area contributed by atoms with Crippen LogP contribution in [0, 0.1) is 5.82 Å². The van der Waals surface area contributed by atoms with Crippen LogP contribution in [0.15, 0.2) is 52.4 Å². The number of benzene rings is 1. The SMILES string of the molecule is O=C(Cn1cccnc1=O)NCCS(=O)(=O)c1ccc(F)cc1. The molecule has 0 fully saturated rings. The van der Waals surface area contributed by atoms with Crippen molar-refractivity contribution in [2.24, 2.45) is 0 Å². The van der Waals surface area contributed by atoms with Crippen LogP contribution in [0.2, 0.25) is 0 Å². The van der Waals surface area contributed by atoms with E-state index >= 15 is 0 Å². The third kappa shape index (κ3) is 4.71. The van der Waals surface area contributed by atoms with Crippen LogP contribution in [-0.4, -0.2) is 36.2 Å². The maximum atomic E-state index is 12.8. The summed E-state index contributed by atoms with van der Waals surface area (Å²) in [6.07, 6.45) is 2.72. The van der Waals surface area contributed by atoms with Crippen LogP contribution in [0.3, 0.4) is 0 Å². The summed E-state index contributed by atoms with van der Waals surface area (Å²) >= 11 is 0. The van der Waals surface area contributed by atoms with Crippen LogP contribution < -0.4 is 11.0 Å². The molecule has 9 heteroatoms. The zero-order chi connectivity index (χ0) is 16.9. The van der Waals surface area contributed by atoms with Crippen molar-refractivity contribution in [3.8, 4) is 0 Å². The molecule has 1 N–H and O–H groups in total. The summed E-state index contributed by atoms with van der Waals surface area (Å²) in [5, 5.41) is 2.42. The highest BCUT2D eigenvalue weighted by molar-refractivity contribution is 7.91. The Labute approximate surface area is 131 Å². The number of rotatable bonds is 6. The molecular formula is C14H14FN3O4S. The van der Waals surface area contributed by atoms with Crippen LogP contribution in [0.4, 0.5) is 4.39 Å². The molecule has 0 aliphatic heterocycles. The van der Waals surface area contributed by atoms with E-state index in [9.17, 15) is 22.4 Å². The van der Waals surface area contributed by atoms with Crippen molar-refractivity contribution in [2.75, 3.05) is 12.3 Å². The summed E-state index contributed by atoms with van der Waals surface area (Å²) in [6.45, 7) is -0.364. The van der Waals surface area contributed by atoms with Gasteiger partial charge in [0.25, 0.3) is 0 Å². The number of sulfone groups is 1. The van der Waals surface area contributed by atoms with E-state index in [2.05, 4.69) is 10.3 Å². The van der Waals surface area contributed by atoms with Gasteiger partial charge in [-0.2, -0.15) is 0 Å². The molecule has 1 aromatic carbocycles. The van der Waals surface area contributed by atoms with E-state index in [1.165, 1.54) is 30.6 Å². The molecule has 0 atom stereocenters. The van der Waals surface area contributed by atoms with E-state index in [4.69, 9.17) is 0 Å². The minimum Gasteiger partial charge on any atom is -0.354 e. The molecule has 7 nitrogen and oxygen atoms in total. The van der Waals surface area contributed by atoms with Gasteiger partial charge in [0, 0.05) is 18.9 Å². The molecule has 0 radical (unpaired) electrons. The molecule has 0 aliphatic rings. The Hall–Kier alpha value is -2.55. The Morgan fingerprint density at radius 1 is 1.26 bits per heavy atom. The van der Waals surface area contributed by atoms with Crippen molar-refractivity contribution >= 4 is 15.7 Å². The molecule has 0 aliphatic carbocycles. The molecular weight excluding hydrogens is 325 g/mol. The Bertz CT molecular complexity index is 847. The fourth-order valence-corrected chi connectivity index (χ4v) is 2.96. The van der Waals surface area contributed by atoms with Crippen LogP contribution >= 0.6 is 0 Å². The number of aromatic nitrogens is 2. The fraction of sp³-hybridized carbons (Fsp3) is 0.214. The first-order chi connectivity index (χ1) is 10.9. The number of carbonyl (C=O) groups excluding carboxylic acids is 1. The van der Waals surface area contributed by atoms with Gasteiger partial charge in [0.05, 0.1) is 10.6 Å². The average Bonchev–Trinajstić information content (AvgIpc) is 2.50. The molecule has 0 saturated heterocycles. The second-order valence-electron chi connectivity index (χ2n) is 4.65. The highest BCUT2D eigenvalue weighted by Gasteiger charge is 2.15. The molecule has 2 rings (SSSR count). The molecule has 23 heavy (non-hydrogen) atoms. The van der Waals surface area contributed by atoms with Crippen LogP contribution in [0.1, 0.15) is 0 Å². The van der Waals surface area contributed by atoms with Gasteiger partial charge in [0.2, 0.25) is 5.91 Å². The van der Waals surface area contributed by atoms with Gasteiger partial charge in [0.1, 0.15) is 12.4 Å². The molecule has 0 saturated carbocycles. The molecule has 1 aromatic heterocycles. The van der Waals surface area contributed by atoms with Crippen LogP contribution in [0.25, 0.3) is 0 Å². The average molecular weight is 339 g/mol. The molecule has 2 aromatic rings. The van der Waals surface area contributed by atoms with E-state index in [1.807, 2.05) is 0 Å². The minimum absolute atomic E-state index is 0.0170. The summed E-state index contributed by atoms with van der Waals surface area (Å²) in [7, 11) is -3.62. The van der Waals surface area contributed by atoms with Gasteiger partial charge in [-0.15, -0.1) is 0 Å². The Balaban J connectivity index is 1.89. The summed E-state index contributed by atoms with van der Waals surface area (Å²) in [6, 6.07) is 5.96. The number of nitrogens with one attached hydrogen (secondary N) is 1. The zero-order valence-corrected chi connectivity index (χ0v) is 12.8. The predicted molar refractivity (Wildman–Crippen MR) is 80.0 cm³/mol. The third-order valence-electron chi connectivity index (χ3n) is 2.96. The van der Waals surface area contributed by atoms with E-state index in [0.717, 1.165) is 16.7 Å². The summed E-state index contributed by atoms with van der Waals surface area (Å²) in [5.74, 6) is -1.36. The summed E-state index contributed by atoms with van der Waals surface area (Å²) < 4.78 is 37.9. The summed E-state index contributed by atoms with van der Waals surface area (Å²) in [5.41, 5.74) is -0.568. The highest BCUT2D eigenvalue weighted by Crippen LogP contribution is 2.11. The molecule has 0 spiro atoms. The first-order valence-corrected chi connectivity index (χ1v) is 8.30. The molecule has 0 bridgehead atoms. The van der Waals surface area contributed by atoms with Crippen molar-refractivity contribution in [2.45, 2.75) is 11.4 Å². The lowest BCUT2D eigenvalue weighted by Crippen LogP contribution is -2.35. The monoisotopic (exact) mass is 339 g/mol. The number of amides is 1. The molecule has 122 valence electrons. The number of halogens is 1. The number of carbonyl (C=O) groups is 1. The fourth-order valence-electron chi connectivity index (χ4n) is 1.80. The molecule has 0 unspecified atom stereocenters. The van der Waals surface area contributed by atoms with Gasteiger partial charge >= 0.3 is 5.69 Å². The first kappa shape index (κ1) is 16.8. The largest absolute Gasteiger partial charge is 0.354 e. The van der Waals surface area contributed by atoms with Gasteiger partial charge < -0.3 is 5.32 Å².